The van der Waals surface area contributed by atoms with Crippen molar-refractivity contribution in [3.63, 3.8) is 0 Å². The summed E-state index contributed by atoms with van der Waals surface area (Å²) in [6.07, 6.45) is 0. The van der Waals surface area contributed by atoms with Gasteiger partial charge in [0, 0.05) is 0 Å². The number of carboxylic acids is 1. The standard InChI is InChI=1S/C17H18O3/c1-11-5-4-6-14(7-11)10-20-16-12(2)8-15(17(18)19)9-13(16)3/h4-9H,10H2,1-3H3,(H,18,19). The van der Waals surface area contributed by atoms with Gasteiger partial charge in [0.1, 0.15) is 12.4 Å². The summed E-state index contributed by atoms with van der Waals surface area (Å²) in [6.45, 7) is 6.26. The van der Waals surface area contributed by atoms with Gasteiger partial charge in [-0.15, -0.1) is 0 Å². The smallest absolute Gasteiger partial charge is 0.335 e. The molecule has 104 valence electrons. The van der Waals surface area contributed by atoms with Crippen LogP contribution in [0, 0.1) is 20.8 Å². The van der Waals surface area contributed by atoms with Gasteiger partial charge in [-0.1, -0.05) is 29.8 Å². The maximum absolute atomic E-state index is 11.0. The average Bonchev–Trinajstić information content (AvgIpc) is 2.37. The number of ether oxygens (including phenoxy) is 1. The molecule has 0 aliphatic heterocycles. The van der Waals surface area contributed by atoms with Crippen molar-refractivity contribution in [2.45, 2.75) is 27.4 Å². The van der Waals surface area contributed by atoms with Gasteiger partial charge in [0.25, 0.3) is 0 Å². The molecule has 0 saturated carbocycles. The van der Waals surface area contributed by atoms with Crippen molar-refractivity contribution >= 4 is 5.97 Å². The fourth-order valence-electron chi connectivity index (χ4n) is 2.26. The Labute approximate surface area is 118 Å². The number of aryl methyl sites for hydroxylation is 3. The highest BCUT2D eigenvalue weighted by atomic mass is 16.5. The third-order valence-electron chi connectivity index (χ3n) is 3.17. The summed E-state index contributed by atoms with van der Waals surface area (Å²) in [7, 11) is 0. The van der Waals surface area contributed by atoms with Crippen LogP contribution in [0.3, 0.4) is 0 Å². The van der Waals surface area contributed by atoms with E-state index in [4.69, 9.17) is 9.84 Å². The molecule has 2 aromatic rings. The van der Waals surface area contributed by atoms with E-state index >= 15 is 0 Å². The number of hydrogen-bond donors (Lipinski definition) is 1. The molecule has 0 spiro atoms. The lowest BCUT2D eigenvalue weighted by Crippen LogP contribution is -2.03. The predicted molar refractivity (Wildman–Crippen MR) is 78.4 cm³/mol. The molecular formula is C17H18O3. The zero-order valence-corrected chi connectivity index (χ0v) is 11.9. The van der Waals surface area contributed by atoms with E-state index in [1.54, 1.807) is 12.1 Å². The second-order valence-electron chi connectivity index (χ2n) is 5.02. The minimum absolute atomic E-state index is 0.294. The highest BCUT2D eigenvalue weighted by Gasteiger charge is 2.10. The Kier molecular flexibility index (Phi) is 4.08. The Bertz CT molecular complexity index is 621. The van der Waals surface area contributed by atoms with Crippen LogP contribution in [0.15, 0.2) is 36.4 Å². The zero-order chi connectivity index (χ0) is 14.7. The molecular weight excluding hydrogens is 252 g/mol. The van der Waals surface area contributed by atoms with Crippen molar-refractivity contribution in [3.8, 4) is 5.75 Å². The fourth-order valence-corrected chi connectivity index (χ4v) is 2.26. The lowest BCUT2D eigenvalue weighted by molar-refractivity contribution is 0.0696. The van der Waals surface area contributed by atoms with Crippen LogP contribution < -0.4 is 4.74 Å². The maximum Gasteiger partial charge on any atom is 0.335 e. The molecule has 0 unspecified atom stereocenters. The van der Waals surface area contributed by atoms with Gasteiger partial charge in [0.15, 0.2) is 0 Å². The van der Waals surface area contributed by atoms with E-state index in [0.29, 0.717) is 12.2 Å². The predicted octanol–water partition coefficient (Wildman–Crippen LogP) is 3.89. The Morgan fingerprint density at radius 3 is 2.30 bits per heavy atom. The maximum atomic E-state index is 11.0. The Hall–Kier alpha value is -2.29. The lowest BCUT2D eigenvalue weighted by Gasteiger charge is -2.13. The number of benzene rings is 2. The van der Waals surface area contributed by atoms with Crippen LogP contribution in [-0.4, -0.2) is 11.1 Å². The highest BCUT2D eigenvalue weighted by molar-refractivity contribution is 5.88. The van der Waals surface area contributed by atoms with Gasteiger partial charge < -0.3 is 9.84 Å². The first-order valence-electron chi connectivity index (χ1n) is 6.50. The summed E-state index contributed by atoms with van der Waals surface area (Å²) in [5, 5.41) is 9.02. The molecule has 0 aliphatic rings. The van der Waals surface area contributed by atoms with Gasteiger partial charge in [0.2, 0.25) is 0 Å². The van der Waals surface area contributed by atoms with Crippen LogP contribution in [0.4, 0.5) is 0 Å². The molecule has 0 amide bonds. The summed E-state index contributed by atoms with van der Waals surface area (Å²) in [6, 6.07) is 11.4. The molecule has 0 bridgehead atoms. The van der Waals surface area contributed by atoms with Crippen molar-refractivity contribution in [2.75, 3.05) is 0 Å². The van der Waals surface area contributed by atoms with Gasteiger partial charge in [-0.3, -0.25) is 0 Å². The summed E-state index contributed by atoms with van der Waals surface area (Å²) in [4.78, 5) is 11.0. The molecule has 0 aromatic heterocycles. The van der Waals surface area contributed by atoms with E-state index in [1.807, 2.05) is 39.0 Å². The monoisotopic (exact) mass is 270 g/mol. The second-order valence-corrected chi connectivity index (χ2v) is 5.02. The number of carboxylic acid groups (broad SMARTS) is 1. The summed E-state index contributed by atoms with van der Waals surface area (Å²) < 4.78 is 5.85. The number of carbonyl (C=O) groups is 1. The molecule has 0 aliphatic carbocycles. The summed E-state index contributed by atoms with van der Waals surface area (Å²) in [5.41, 5.74) is 4.28. The third-order valence-corrected chi connectivity index (χ3v) is 3.17. The topological polar surface area (TPSA) is 46.5 Å². The van der Waals surface area contributed by atoms with Gasteiger partial charge >= 0.3 is 5.97 Å². The van der Waals surface area contributed by atoms with Crippen LogP contribution in [0.25, 0.3) is 0 Å². The molecule has 0 fully saturated rings. The van der Waals surface area contributed by atoms with Crippen molar-refractivity contribution in [1.29, 1.82) is 0 Å². The van der Waals surface area contributed by atoms with Crippen molar-refractivity contribution in [2.24, 2.45) is 0 Å². The van der Waals surface area contributed by atoms with E-state index in [9.17, 15) is 4.79 Å². The van der Waals surface area contributed by atoms with Gasteiger partial charge in [-0.25, -0.2) is 4.79 Å². The van der Waals surface area contributed by atoms with E-state index in [-0.39, 0.29) is 0 Å². The molecule has 1 N–H and O–H groups in total. The minimum Gasteiger partial charge on any atom is -0.488 e. The minimum atomic E-state index is -0.915. The first-order chi connectivity index (χ1) is 9.47. The zero-order valence-electron chi connectivity index (χ0n) is 11.9. The number of rotatable bonds is 4. The fraction of sp³-hybridized carbons (Fsp3) is 0.235. The molecule has 0 atom stereocenters. The quantitative estimate of drug-likeness (QED) is 0.916. The highest BCUT2D eigenvalue weighted by Crippen LogP contribution is 2.26. The molecule has 20 heavy (non-hydrogen) atoms. The van der Waals surface area contributed by atoms with Crippen molar-refractivity contribution < 1.29 is 14.6 Å². The summed E-state index contributed by atoms with van der Waals surface area (Å²) in [5.74, 6) is -0.155. The largest absolute Gasteiger partial charge is 0.488 e. The van der Waals surface area contributed by atoms with Crippen LogP contribution in [0.1, 0.15) is 32.6 Å². The third kappa shape index (κ3) is 3.18. The molecule has 0 radical (unpaired) electrons. The van der Waals surface area contributed by atoms with Crippen LogP contribution in [-0.2, 0) is 6.61 Å². The Morgan fingerprint density at radius 2 is 1.75 bits per heavy atom. The van der Waals surface area contributed by atoms with Crippen molar-refractivity contribution in [1.82, 2.24) is 0 Å². The van der Waals surface area contributed by atoms with Crippen LogP contribution in [0.5, 0.6) is 5.75 Å². The Morgan fingerprint density at radius 1 is 1.10 bits per heavy atom. The molecule has 0 saturated heterocycles. The van der Waals surface area contributed by atoms with Gasteiger partial charge in [-0.2, -0.15) is 0 Å². The molecule has 0 heterocycles. The lowest BCUT2D eigenvalue weighted by atomic mass is 10.1. The molecule has 3 nitrogen and oxygen atoms in total. The number of aromatic carboxylic acids is 1. The molecule has 2 rings (SSSR count). The Balaban J connectivity index is 2.20. The first-order valence-corrected chi connectivity index (χ1v) is 6.50. The average molecular weight is 270 g/mol. The number of hydrogen-bond acceptors (Lipinski definition) is 2. The molecule has 3 heteroatoms. The van der Waals surface area contributed by atoms with E-state index in [1.165, 1.54) is 5.56 Å². The SMILES string of the molecule is Cc1cccc(COc2c(C)cc(C(=O)O)cc2C)c1. The molecule has 2 aromatic carbocycles. The summed E-state index contributed by atoms with van der Waals surface area (Å²) >= 11 is 0. The van der Waals surface area contributed by atoms with E-state index in [2.05, 4.69) is 6.07 Å². The van der Waals surface area contributed by atoms with Crippen LogP contribution in [0.2, 0.25) is 0 Å². The normalized spacial score (nSPS) is 10.3. The first kappa shape index (κ1) is 14.1. The van der Waals surface area contributed by atoms with Crippen molar-refractivity contribution in [3.05, 3.63) is 64.2 Å². The van der Waals surface area contributed by atoms with E-state index < -0.39 is 5.97 Å². The van der Waals surface area contributed by atoms with Crippen LogP contribution >= 0.6 is 0 Å². The second kappa shape index (κ2) is 5.78. The van der Waals surface area contributed by atoms with E-state index in [0.717, 1.165) is 22.4 Å². The van der Waals surface area contributed by atoms with Gasteiger partial charge in [-0.05, 0) is 49.6 Å². The van der Waals surface area contributed by atoms with Gasteiger partial charge in [0.05, 0.1) is 5.56 Å².